The molecule has 0 amide bonds. The summed E-state index contributed by atoms with van der Waals surface area (Å²) in [5.41, 5.74) is 0. The number of hydrogen-bond acceptors (Lipinski definition) is 7. The maximum absolute atomic E-state index is 11.8. The molecule has 1 aliphatic carbocycles. The molecule has 1 N–H and O–H groups in total. The first-order valence-electron chi connectivity index (χ1n) is 6.55. The molecule has 7 heteroatoms. The van der Waals surface area contributed by atoms with Gasteiger partial charge in [0, 0.05) is 11.8 Å². The zero-order chi connectivity index (χ0) is 13.7. The van der Waals surface area contributed by atoms with Gasteiger partial charge < -0.3 is 10.1 Å². The van der Waals surface area contributed by atoms with Gasteiger partial charge in [-0.15, -0.1) is 0 Å². The summed E-state index contributed by atoms with van der Waals surface area (Å²) < 4.78 is 10.2. The average molecular weight is 301 g/mol. The van der Waals surface area contributed by atoms with Gasteiger partial charge in [0.2, 0.25) is 0 Å². The summed E-state index contributed by atoms with van der Waals surface area (Å²) in [5, 5.41) is 3.35. The summed E-state index contributed by atoms with van der Waals surface area (Å²) in [6.45, 7) is 4.16. The van der Waals surface area contributed by atoms with Crippen molar-refractivity contribution < 1.29 is 9.53 Å². The van der Waals surface area contributed by atoms with Gasteiger partial charge in [0.1, 0.15) is 11.9 Å². The zero-order valence-electron chi connectivity index (χ0n) is 11.2. The molecule has 1 aromatic heterocycles. The fourth-order valence-electron chi connectivity index (χ4n) is 1.65. The van der Waals surface area contributed by atoms with Crippen molar-refractivity contribution >= 4 is 29.3 Å². The van der Waals surface area contributed by atoms with Crippen LogP contribution < -0.4 is 5.32 Å². The first-order chi connectivity index (χ1) is 9.19. The lowest BCUT2D eigenvalue weighted by Crippen LogP contribution is -2.39. The molecule has 2 rings (SSSR count). The van der Waals surface area contributed by atoms with Crippen LogP contribution in [-0.4, -0.2) is 39.8 Å². The normalized spacial score (nSPS) is 16.3. The van der Waals surface area contributed by atoms with E-state index in [2.05, 4.69) is 14.7 Å². The SMILES string of the molecule is CCOC(=O)C(CCSc1nc(C)ns1)NC1CC1. The van der Waals surface area contributed by atoms with E-state index in [1.807, 2.05) is 13.8 Å². The summed E-state index contributed by atoms with van der Waals surface area (Å²) in [5.74, 6) is 1.52. The topological polar surface area (TPSA) is 64.1 Å². The highest BCUT2D eigenvalue weighted by Crippen LogP contribution is 2.23. The number of nitrogens with zero attached hydrogens (tertiary/aromatic N) is 2. The van der Waals surface area contributed by atoms with Crippen molar-refractivity contribution in [2.24, 2.45) is 0 Å². The number of carbonyl (C=O) groups excluding carboxylic acids is 1. The van der Waals surface area contributed by atoms with Gasteiger partial charge in [0.05, 0.1) is 6.61 Å². The predicted octanol–water partition coefficient (Wildman–Crippen LogP) is 2.01. The van der Waals surface area contributed by atoms with Crippen molar-refractivity contribution in [2.75, 3.05) is 12.4 Å². The van der Waals surface area contributed by atoms with Crippen LogP contribution in [0.4, 0.5) is 0 Å². The number of rotatable bonds is 8. The molecule has 1 saturated carbocycles. The molecule has 1 aromatic rings. The Balaban J connectivity index is 1.76. The van der Waals surface area contributed by atoms with Crippen LogP contribution in [0.25, 0.3) is 0 Å². The molecule has 1 aliphatic rings. The van der Waals surface area contributed by atoms with Crippen LogP contribution in [0.1, 0.15) is 32.0 Å². The van der Waals surface area contributed by atoms with Crippen LogP contribution in [-0.2, 0) is 9.53 Å². The van der Waals surface area contributed by atoms with E-state index < -0.39 is 0 Å². The molecule has 0 bridgehead atoms. The van der Waals surface area contributed by atoms with Crippen LogP contribution in [0.15, 0.2) is 4.34 Å². The summed E-state index contributed by atoms with van der Waals surface area (Å²) in [4.78, 5) is 16.1. The van der Waals surface area contributed by atoms with Gasteiger partial charge in [-0.05, 0) is 44.6 Å². The fourth-order valence-corrected chi connectivity index (χ4v) is 3.37. The van der Waals surface area contributed by atoms with E-state index in [1.54, 1.807) is 11.8 Å². The lowest BCUT2D eigenvalue weighted by molar-refractivity contribution is -0.145. The van der Waals surface area contributed by atoms with Crippen LogP contribution in [0.2, 0.25) is 0 Å². The van der Waals surface area contributed by atoms with Gasteiger partial charge in [-0.1, -0.05) is 11.8 Å². The van der Waals surface area contributed by atoms with Gasteiger partial charge in [-0.25, -0.2) is 4.98 Å². The number of hydrogen-bond donors (Lipinski definition) is 1. The third-order valence-corrected chi connectivity index (χ3v) is 4.68. The number of esters is 1. The number of ether oxygens (including phenoxy) is 1. The molecule has 0 saturated heterocycles. The molecule has 0 radical (unpaired) electrons. The van der Waals surface area contributed by atoms with Crippen LogP contribution in [0.5, 0.6) is 0 Å². The summed E-state index contributed by atoms with van der Waals surface area (Å²) >= 11 is 3.06. The summed E-state index contributed by atoms with van der Waals surface area (Å²) in [6, 6.07) is 0.317. The lowest BCUT2D eigenvalue weighted by Gasteiger charge is -2.16. The van der Waals surface area contributed by atoms with Gasteiger partial charge in [0.15, 0.2) is 4.34 Å². The highest BCUT2D eigenvalue weighted by Gasteiger charge is 2.28. The molecule has 19 heavy (non-hydrogen) atoms. The molecule has 1 fully saturated rings. The number of aromatic nitrogens is 2. The van der Waals surface area contributed by atoms with E-state index >= 15 is 0 Å². The molecule has 1 atom stereocenters. The van der Waals surface area contributed by atoms with Crippen molar-refractivity contribution in [3.63, 3.8) is 0 Å². The molecular weight excluding hydrogens is 282 g/mol. The minimum Gasteiger partial charge on any atom is -0.465 e. The van der Waals surface area contributed by atoms with Crippen molar-refractivity contribution in [3.8, 4) is 0 Å². The zero-order valence-corrected chi connectivity index (χ0v) is 12.9. The lowest BCUT2D eigenvalue weighted by atomic mass is 10.2. The predicted molar refractivity (Wildman–Crippen MR) is 76.6 cm³/mol. The highest BCUT2D eigenvalue weighted by molar-refractivity contribution is 8.00. The van der Waals surface area contributed by atoms with Crippen LogP contribution in [0, 0.1) is 6.92 Å². The standard InChI is InChI=1S/C12H19N3O2S2/c1-3-17-11(16)10(14-9-4-5-9)6-7-18-12-13-8(2)15-19-12/h9-10,14H,3-7H2,1-2H3. The van der Waals surface area contributed by atoms with Crippen molar-refractivity contribution in [2.45, 2.75) is 49.5 Å². The van der Waals surface area contributed by atoms with Crippen molar-refractivity contribution in [1.82, 2.24) is 14.7 Å². The Kier molecular flexibility index (Phi) is 5.59. The number of aryl methyl sites for hydroxylation is 1. The summed E-state index contributed by atoms with van der Waals surface area (Å²) in [7, 11) is 0. The first-order valence-corrected chi connectivity index (χ1v) is 8.30. The van der Waals surface area contributed by atoms with E-state index in [9.17, 15) is 4.79 Å². The number of carbonyl (C=O) groups is 1. The Labute approximate surface area is 121 Å². The third kappa shape index (κ3) is 5.08. The van der Waals surface area contributed by atoms with Gasteiger partial charge in [-0.3, -0.25) is 4.79 Å². The van der Waals surface area contributed by atoms with Crippen LogP contribution >= 0.6 is 23.3 Å². The number of nitrogens with one attached hydrogen (secondary N) is 1. The Morgan fingerprint density at radius 2 is 2.42 bits per heavy atom. The summed E-state index contributed by atoms with van der Waals surface area (Å²) in [6.07, 6.45) is 3.09. The van der Waals surface area contributed by atoms with Crippen LogP contribution in [0.3, 0.4) is 0 Å². The molecule has 0 aliphatic heterocycles. The van der Waals surface area contributed by atoms with E-state index in [4.69, 9.17) is 4.74 Å². The molecule has 5 nitrogen and oxygen atoms in total. The second kappa shape index (κ2) is 7.21. The fraction of sp³-hybridized carbons (Fsp3) is 0.750. The average Bonchev–Trinajstić information content (AvgIpc) is 3.10. The Morgan fingerprint density at radius 3 is 3.00 bits per heavy atom. The van der Waals surface area contributed by atoms with Crippen molar-refractivity contribution in [3.05, 3.63) is 5.82 Å². The van der Waals surface area contributed by atoms with E-state index in [0.717, 1.165) is 22.3 Å². The molecule has 1 heterocycles. The minimum absolute atomic E-state index is 0.136. The highest BCUT2D eigenvalue weighted by atomic mass is 32.2. The second-order valence-corrected chi connectivity index (χ2v) is 6.58. The maximum Gasteiger partial charge on any atom is 0.323 e. The molecule has 106 valence electrons. The van der Waals surface area contributed by atoms with Crippen molar-refractivity contribution in [1.29, 1.82) is 0 Å². The van der Waals surface area contributed by atoms with Gasteiger partial charge in [-0.2, -0.15) is 4.37 Å². The third-order valence-electron chi connectivity index (χ3n) is 2.73. The largest absolute Gasteiger partial charge is 0.465 e. The minimum atomic E-state index is -0.186. The second-order valence-electron chi connectivity index (χ2n) is 4.49. The smallest absolute Gasteiger partial charge is 0.323 e. The number of thioether (sulfide) groups is 1. The molecule has 0 aromatic carbocycles. The Bertz CT molecular complexity index is 421. The monoisotopic (exact) mass is 301 g/mol. The Morgan fingerprint density at radius 1 is 1.63 bits per heavy atom. The molecular formula is C12H19N3O2S2. The molecule has 0 spiro atoms. The quantitative estimate of drug-likeness (QED) is 0.585. The maximum atomic E-state index is 11.8. The van der Waals surface area contributed by atoms with E-state index in [-0.39, 0.29) is 12.0 Å². The van der Waals surface area contributed by atoms with Gasteiger partial charge >= 0.3 is 5.97 Å². The Hall–Kier alpha value is -0.660. The van der Waals surface area contributed by atoms with E-state index in [1.165, 1.54) is 24.4 Å². The van der Waals surface area contributed by atoms with E-state index in [0.29, 0.717) is 12.6 Å². The van der Waals surface area contributed by atoms with Gasteiger partial charge in [0.25, 0.3) is 0 Å². The molecule has 1 unspecified atom stereocenters. The first kappa shape index (κ1) is 14.7.